The number of hydrogen-bond donors (Lipinski definition) is 0. The molecule has 0 atom stereocenters. The van der Waals surface area contributed by atoms with Gasteiger partial charge >= 0.3 is 0 Å². The molecular weight excluding hydrogens is 270 g/mol. The van der Waals surface area contributed by atoms with Crippen molar-refractivity contribution in [2.75, 3.05) is 17.6 Å². The zero-order valence-corrected chi connectivity index (χ0v) is 14.1. The minimum Gasteiger partial charge on any atom is -0.273 e. The van der Waals surface area contributed by atoms with Crippen LogP contribution in [-0.4, -0.2) is 21.7 Å². The summed E-state index contributed by atoms with van der Waals surface area (Å²) in [6, 6.07) is 4.26. The highest BCUT2D eigenvalue weighted by atomic mass is 32.2. The summed E-state index contributed by atoms with van der Waals surface area (Å²) in [6.07, 6.45) is 3.70. The maximum absolute atomic E-state index is 11.9. The predicted molar refractivity (Wildman–Crippen MR) is 85.1 cm³/mol. The molecule has 0 aromatic heterocycles. The molecule has 1 aromatic rings. The Bertz CT molecular complexity index is 623. The van der Waals surface area contributed by atoms with E-state index in [9.17, 15) is 8.42 Å². The molecule has 1 aliphatic rings. The van der Waals surface area contributed by atoms with E-state index in [1.165, 1.54) is 34.5 Å². The van der Waals surface area contributed by atoms with Crippen LogP contribution < -0.4 is 4.31 Å². The zero-order chi connectivity index (χ0) is 15.3. The molecule has 1 aliphatic carbocycles. The lowest BCUT2D eigenvalue weighted by molar-refractivity contribution is 0.585. The van der Waals surface area contributed by atoms with E-state index in [0.29, 0.717) is 5.92 Å². The maximum atomic E-state index is 11.9. The average Bonchev–Trinajstić information content (AvgIpc) is 3.09. The van der Waals surface area contributed by atoms with Crippen LogP contribution >= 0.6 is 0 Å². The predicted octanol–water partition coefficient (Wildman–Crippen LogP) is 3.57. The topological polar surface area (TPSA) is 37.4 Å². The summed E-state index contributed by atoms with van der Waals surface area (Å²) >= 11 is 0. The standard InChI is InChI=1S/C16H25NO2S/c1-11-9-14(16(2,3)4)15(17(5)20(6,18)19)10-13(11)12-7-8-12/h9-10,12H,7-8H2,1-6H3. The number of sulfonamides is 1. The fourth-order valence-electron chi connectivity index (χ4n) is 2.59. The van der Waals surface area contributed by atoms with E-state index in [-0.39, 0.29) is 5.41 Å². The molecule has 0 heterocycles. The minimum atomic E-state index is -3.24. The summed E-state index contributed by atoms with van der Waals surface area (Å²) in [7, 11) is -1.60. The van der Waals surface area contributed by atoms with Crippen molar-refractivity contribution in [3.8, 4) is 0 Å². The SMILES string of the molecule is Cc1cc(C(C)(C)C)c(N(C)S(C)(=O)=O)cc1C1CC1. The van der Waals surface area contributed by atoms with Crippen molar-refractivity contribution < 1.29 is 8.42 Å². The quantitative estimate of drug-likeness (QED) is 0.855. The van der Waals surface area contributed by atoms with Crippen LogP contribution in [0.25, 0.3) is 0 Å². The Morgan fingerprint density at radius 2 is 1.75 bits per heavy atom. The van der Waals surface area contributed by atoms with Crippen LogP contribution in [0.4, 0.5) is 5.69 Å². The minimum absolute atomic E-state index is 0.0822. The first kappa shape index (κ1) is 15.4. The molecule has 0 spiro atoms. The summed E-state index contributed by atoms with van der Waals surface area (Å²) < 4.78 is 25.3. The van der Waals surface area contributed by atoms with Crippen LogP contribution in [0.15, 0.2) is 12.1 Å². The van der Waals surface area contributed by atoms with E-state index in [1.54, 1.807) is 7.05 Å². The average molecular weight is 295 g/mol. The lowest BCUT2D eigenvalue weighted by Crippen LogP contribution is -2.28. The molecule has 0 unspecified atom stereocenters. The van der Waals surface area contributed by atoms with Gasteiger partial charge in [0.2, 0.25) is 10.0 Å². The number of hydrogen-bond acceptors (Lipinski definition) is 2. The van der Waals surface area contributed by atoms with Crippen molar-refractivity contribution in [2.24, 2.45) is 0 Å². The van der Waals surface area contributed by atoms with Crippen molar-refractivity contribution in [1.82, 2.24) is 0 Å². The second-order valence-corrected chi connectivity index (χ2v) is 8.99. The Labute approximate surface area is 123 Å². The third kappa shape index (κ3) is 3.00. The second-order valence-electron chi connectivity index (χ2n) is 6.98. The van der Waals surface area contributed by atoms with Crippen molar-refractivity contribution in [2.45, 2.75) is 51.9 Å². The van der Waals surface area contributed by atoms with Gasteiger partial charge in [-0.2, -0.15) is 0 Å². The Morgan fingerprint density at radius 3 is 2.15 bits per heavy atom. The molecule has 0 N–H and O–H groups in total. The molecule has 1 saturated carbocycles. The van der Waals surface area contributed by atoms with Crippen LogP contribution in [0.2, 0.25) is 0 Å². The fourth-order valence-corrected chi connectivity index (χ4v) is 3.10. The first-order valence-electron chi connectivity index (χ1n) is 7.10. The van der Waals surface area contributed by atoms with Crippen molar-refractivity contribution >= 4 is 15.7 Å². The van der Waals surface area contributed by atoms with Crippen molar-refractivity contribution in [3.05, 3.63) is 28.8 Å². The third-order valence-corrected chi connectivity index (χ3v) is 5.24. The molecule has 112 valence electrons. The zero-order valence-electron chi connectivity index (χ0n) is 13.3. The second kappa shape index (κ2) is 4.76. The number of anilines is 1. The summed E-state index contributed by atoms with van der Waals surface area (Å²) in [4.78, 5) is 0. The summed E-state index contributed by atoms with van der Waals surface area (Å²) in [5.74, 6) is 0.621. The molecule has 0 aliphatic heterocycles. The van der Waals surface area contributed by atoms with Crippen LogP contribution in [-0.2, 0) is 15.4 Å². The van der Waals surface area contributed by atoms with E-state index in [0.717, 1.165) is 11.3 Å². The molecular formula is C16H25NO2S. The van der Waals surface area contributed by atoms with Crippen LogP contribution in [0.1, 0.15) is 56.2 Å². The Kier molecular flexibility index (Phi) is 3.66. The molecule has 0 radical (unpaired) electrons. The van der Waals surface area contributed by atoms with E-state index in [1.807, 2.05) is 0 Å². The van der Waals surface area contributed by atoms with Gasteiger partial charge in [0.05, 0.1) is 11.9 Å². The highest BCUT2D eigenvalue weighted by Gasteiger charge is 2.30. The van der Waals surface area contributed by atoms with Gasteiger partial charge in [-0.25, -0.2) is 8.42 Å². The highest BCUT2D eigenvalue weighted by molar-refractivity contribution is 7.92. The molecule has 20 heavy (non-hydrogen) atoms. The Morgan fingerprint density at radius 1 is 1.20 bits per heavy atom. The Balaban J connectivity index is 2.65. The maximum Gasteiger partial charge on any atom is 0.232 e. The lowest BCUT2D eigenvalue weighted by atomic mass is 9.83. The molecule has 0 saturated heterocycles. The van der Waals surface area contributed by atoms with E-state index in [2.05, 4.69) is 39.8 Å². The summed E-state index contributed by atoms with van der Waals surface area (Å²) in [5, 5.41) is 0. The summed E-state index contributed by atoms with van der Waals surface area (Å²) in [5.41, 5.74) is 4.42. The largest absolute Gasteiger partial charge is 0.273 e. The van der Waals surface area contributed by atoms with Gasteiger partial charge in [-0.05, 0) is 53.9 Å². The first-order valence-corrected chi connectivity index (χ1v) is 8.95. The monoisotopic (exact) mass is 295 g/mol. The van der Waals surface area contributed by atoms with Gasteiger partial charge in [0.1, 0.15) is 0 Å². The van der Waals surface area contributed by atoms with Crippen molar-refractivity contribution in [3.63, 3.8) is 0 Å². The molecule has 3 nitrogen and oxygen atoms in total. The van der Waals surface area contributed by atoms with Gasteiger partial charge in [0.25, 0.3) is 0 Å². The molecule has 0 bridgehead atoms. The molecule has 2 rings (SSSR count). The fraction of sp³-hybridized carbons (Fsp3) is 0.625. The lowest BCUT2D eigenvalue weighted by Gasteiger charge is -2.29. The number of rotatable bonds is 3. The molecule has 0 amide bonds. The van der Waals surface area contributed by atoms with Gasteiger partial charge in [-0.3, -0.25) is 4.31 Å². The van der Waals surface area contributed by atoms with Crippen LogP contribution in [0.5, 0.6) is 0 Å². The Hall–Kier alpha value is -1.03. The molecule has 4 heteroatoms. The van der Waals surface area contributed by atoms with Crippen molar-refractivity contribution in [1.29, 1.82) is 0 Å². The first-order chi connectivity index (χ1) is 9.01. The number of benzene rings is 1. The van der Waals surface area contributed by atoms with Gasteiger partial charge in [-0.15, -0.1) is 0 Å². The van der Waals surface area contributed by atoms with Gasteiger partial charge < -0.3 is 0 Å². The van der Waals surface area contributed by atoms with E-state index in [4.69, 9.17) is 0 Å². The molecule has 1 aromatic carbocycles. The highest BCUT2D eigenvalue weighted by Crippen LogP contribution is 2.45. The molecule has 1 fully saturated rings. The van der Waals surface area contributed by atoms with Crippen LogP contribution in [0, 0.1) is 6.92 Å². The third-order valence-electron chi connectivity index (χ3n) is 4.05. The normalized spacial score (nSPS) is 16.3. The smallest absolute Gasteiger partial charge is 0.232 e. The number of aryl methyl sites for hydroxylation is 1. The van der Waals surface area contributed by atoms with Gasteiger partial charge in [0.15, 0.2) is 0 Å². The van der Waals surface area contributed by atoms with Gasteiger partial charge in [0, 0.05) is 7.05 Å². The van der Waals surface area contributed by atoms with E-state index < -0.39 is 10.0 Å². The number of nitrogens with zero attached hydrogens (tertiary/aromatic N) is 1. The van der Waals surface area contributed by atoms with E-state index >= 15 is 0 Å². The summed E-state index contributed by atoms with van der Waals surface area (Å²) in [6.45, 7) is 8.50. The van der Waals surface area contributed by atoms with Crippen LogP contribution in [0.3, 0.4) is 0 Å². The van der Waals surface area contributed by atoms with Gasteiger partial charge in [-0.1, -0.05) is 26.8 Å².